The van der Waals surface area contributed by atoms with Crippen molar-refractivity contribution in [3.8, 4) is 0 Å². The molecule has 2 saturated carbocycles. The van der Waals surface area contributed by atoms with Gasteiger partial charge in [0.15, 0.2) is 5.78 Å². The maximum absolute atomic E-state index is 14.4. The van der Waals surface area contributed by atoms with Gasteiger partial charge < -0.3 is 4.90 Å². The zero-order chi connectivity index (χ0) is 24.1. The summed E-state index contributed by atoms with van der Waals surface area (Å²) in [6.07, 6.45) is 1.29. The third-order valence-electron chi connectivity index (χ3n) is 8.63. The molecule has 34 heavy (non-hydrogen) atoms. The van der Waals surface area contributed by atoms with Gasteiger partial charge in [-0.2, -0.15) is 5.10 Å². The van der Waals surface area contributed by atoms with E-state index in [1.165, 1.54) is 0 Å². The first-order chi connectivity index (χ1) is 16.3. The van der Waals surface area contributed by atoms with Crippen molar-refractivity contribution in [2.45, 2.75) is 40.5 Å². The minimum absolute atomic E-state index is 0.116. The van der Waals surface area contributed by atoms with Crippen molar-refractivity contribution in [3.05, 3.63) is 72.8 Å². The topological polar surface area (TPSA) is 61.8 Å². The molecule has 0 heterocycles. The number of anilines is 2. The quantitative estimate of drug-likeness (QED) is 0.377. The molecule has 2 bridgehead atoms. The molecule has 2 aliphatic rings. The first-order valence-corrected chi connectivity index (χ1v) is 12.0. The van der Waals surface area contributed by atoms with Crippen molar-refractivity contribution in [2.75, 3.05) is 16.9 Å². The number of Topliss-reactive ketones (excluding diaryl/α,β-unsaturated/α-hetero) is 1. The maximum Gasteiger partial charge on any atom is 0.241 e. The van der Waals surface area contributed by atoms with Crippen LogP contribution in [0.3, 0.4) is 0 Å². The van der Waals surface area contributed by atoms with Gasteiger partial charge in [-0.3, -0.25) is 15.0 Å². The number of nitrogens with zero attached hydrogens (tertiary/aromatic N) is 2. The van der Waals surface area contributed by atoms with Crippen LogP contribution in [0.25, 0.3) is 10.8 Å². The molecule has 0 spiro atoms. The number of rotatable bonds is 5. The van der Waals surface area contributed by atoms with E-state index in [4.69, 9.17) is 0 Å². The van der Waals surface area contributed by atoms with E-state index >= 15 is 0 Å². The summed E-state index contributed by atoms with van der Waals surface area (Å²) in [5.41, 5.74) is 3.03. The number of hydrazone groups is 1. The van der Waals surface area contributed by atoms with Crippen LogP contribution in [-0.4, -0.2) is 23.9 Å². The van der Waals surface area contributed by atoms with Crippen molar-refractivity contribution in [1.82, 2.24) is 0 Å². The monoisotopic (exact) mass is 453 g/mol. The zero-order valence-electron chi connectivity index (χ0n) is 20.3. The van der Waals surface area contributed by atoms with Crippen LogP contribution in [0.2, 0.25) is 0 Å². The number of hydrogen-bond acceptors (Lipinski definition) is 4. The van der Waals surface area contributed by atoms with Gasteiger partial charge in [0, 0.05) is 17.3 Å². The maximum atomic E-state index is 14.4. The molecular formula is C29H31N3O2. The molecule has 1 N–H and O–H groups in total. The zero-order valence-corrected chi connectivity index (χ0v) is 20.3. The third-order valence-corrected chi connectivity index (χ3v) is 8.63. The lowest BCUT2D eigenvalue weighted by Gasteiger charge is -2.40. The predicted octanol–water partition coefficient (Wildman–Crippen LogP) is 6.06. The van der Waals surface area contributed by atoms with Gasteiger partial charge in [-0.05, 0) is 48.8 Å². The number of carbonyl (C=O) groups is 2. The van der Waals surface area contributed by atoms with Gasteiger partial charge in [0.25, 0.3) is 0 Å². The normalized spacial score (nSPS) is 26.2. The van der Waals surface area contributed by atoms with Crippen LogP contribution >= 0.6 is 0 Å². The van der Waals surface area contributed by atoms with Gasteiger partial charge in [-0.15, -0.1) is 0 Å². The van der Waals surface area contributed by atoms with Crippen molar-refractivity contribution in [2.24, 2.45) is 21.3 Å². The lowest BCUT2D eigenvalue weighted by molar-refractivity contribution is -0.141. The minimum atomic E-state index is -1.13. The number of fused-ring (bicyclic) bond motifs is 3. The fourth-order valence-electron chi connectivity index (χ4n) is 6.17. The first kappa shape index (κ1) is 22.3. The Hall–Kier alpha value is -3.47. The molecule has 2 aliphatic carbocycles. The summed E-state index contributed by atoms with van der Waals surface area (Å²) >= 11 is 0. The second-order valence-electron chi connectivity index (χ2n) is 10.2. The summed E-state index contributed by atoms with van der Waals surface area (Å²) in [5, 5.41) is 6.70. The largest absolute Gasteiger partial charge is 0.311 e. The number of carbonyl (C=O) groups excluding carboxylic acids is 2. The molecule has 1 amide bonds. The SMILES string of the molecule is CCN(C(=O)C12CCC(C)(C(=NNc3ccccc3)C1=O)C2(C)C)c1cccc2ccccc12. The van der Waals surface area contributed by atoms with Crippen LogP contribution in [0.15, 0.2) is 77.9 Å². The summed E-state index contributed by atoms with van der Waals surface area (Å²) in [5.74, 6) is -0.256. The third kappa shape index (κ3) is 2.82. The van der Waals surface area contributed by atoms with Gasteiger partial charge in [-0.25, -0.2) is 0 Å². The molecule has 2 unspecified atom stereocenters. The highest BCUT2D eigenvalue weighted by Gasteiger charge is 2.77. The summed E-state index contributed by atoms with van der Waals surface area (Å²) in [6, 6.07) is 23.7. The van der Waals surface area contributed by atoms with Crippen molar-refractivity contribution >= 4 is 39.5 Å². The average Bonchev–Trinajstić information content (AvgIpc) is 3.13. The summed E-state index contributed by atoms with van der Waals surface area (Å²) in [4.78, 5) is 30.3. The Kier molecular flexibility index (Phi) is 5.12. The standard InChI is InChI=1S/C29H31N3O2/c1-5-32(23-17-11-13-20-12-9-10-16-22(20)23)26(34)29-19-18-28(4,27(29,2)3)24(25(29)33)31-30-21-14-7-6-8-15-21/h6-17,30H,5,18-19H2,1-4H3. The fourth-order valence-corrected chi connectivity index (χ4v) is 6.17. The van der Waals surface area contributed by atoms with Crippen LogP contribution in [0.1, 0.15) is 40.5 Å². The molecule has 5 nitrogen and oxygen atoms in total. The van der Waals surface area contributed by atoms with E-state index in [0.717, 1.165) is 28.6 Å². The second kappa shape index (κ2) is 7.79. The number of ketones is 1. The molecule has 5 heteroatoms. The minimum Gasteiger partial charge on any atom is -0.311 e. The predicted molar refractivity (Wildman–Crippen MR) is 138 cm³/mol. The Balaban J connectivity index is 1.59. The molecule has 3 aromatic carbocycles. The average molecular weight is 454 g/mol. The number of hydrogen-bond donors (Lipinski definition) is 1. The fraction of sp³-hybridized carbons (Fsp3) is 0.345. The second-order valence-corrected chi connectivity index (χ2v) is 10.2. The Morgan fingerprint density at radius 1 is 0.941 bits per heavy atom. The van der Waals surface area contributed by atoms with Crippen molar-refractivity contribution in [1.29, 1.82) is 0 Å². The number of benzene rings is 3. The van der Waals surface area contributed by atoms with Gasteiger partial charge >= 0.3 is 0 Å². The molecule has 0 saturated heterocycles. The molecule has 2 atom stereocenters. The molecule has 2 fully saturated rings. The first-order valence-electron chi connectivity index (χ1n) is 12.0. The van der Waals surface area contributed by atoms with Crippen molar-refractivity contribution < 1.29 is 9.59 Å². The van der Waals surface area contributed by atoms with E-state index in [2.05, 4.69) is 31.3 Å². The number of amides is 1. The molecule has 0 aliphatic heterocycles. The smallest absolute Gasteiger partial charge is 0.241 e. The summed E-state index contributed by atoms with van der Waals surface area (Å²) < 4.78 is 0. The Bertz CT molecular complexity index is 1310. The van der Waals surface area contributed by atoms with Crippen LogP contribution in [0.4, 0.5) is 11.4 Å². The number of para-hydroxylation sites is 1. The number of nitrogens with one attached hydrogen (secondary N) is 1. The lowest BCUT2D eigenvalue weighted by atomic mass is 9.64. The van der Waals surface area contributed by atoms with E-state index in [1.54, 1.807) is 4.90 Å². The molecule has 0 aromatic heterocycles. The van der Waals surface area contributed by atoms with E-state index in [0.29, 0.717) is 18.7 Å². The van der Waals surface area contributed by atoms with Crippen molar-refractivity contribution in [3.63, 3.8) is 0 Å². The highest BCUT2D eigenvalue weighted by molar-refractivity contribution is 6.51. The highest BCUT2D eigenvalue weighted by atomic mass is 16.2. The molecule has 174 valence electrons. The molecule has 3 aromatic rings. The molecule has 0 radical (unpaired) electrons. The summed E-state index contributed by atoms with van der Waals surface area (Å²) in [6.45, 7) is 8.69. The Morgan fingerprint density at radius 3 is 2.35 bits per heavy atom. The highest BCUT2D eigenvalue weighted by Crippen LogP contribution is 2.70. The van der Waals surface area contributed by atoms with Gasteiger partial charge in [0.2, 0.25) is 5.91 Å². The van der Waals surface area contributed by atoms with E-state index in [9.17, 15) is 9.59 Å². The van der Waals surface area contributed by atoms with Gasteiger partial charge in [0.05, 0.1) is 11.4 Å². The van der Waals surface area contributed by atoms with Crippen LogP contribution in [0.5, 0.6) is 0 Å². The van der Waals surface area contributed by atoms with Crippen LogP contribution in [0, 0.1) is 16.2 Å². The molecular weight excluding hydrogens is 422 g/mol. The summed E-state index contributed by atoms with van der Waals surface area (Å²) in [7, 11) is 0. The Morgan fingerprint density at radius 2 is 1.62 bits per heavy atom. The lowest BCUT2D eigenvalue weighted by Crippen LogP contribution is -2.52. The Labute approximate surface area is 200 Å². The van der Waals surface area contributed by atoms with Gasteiger partial charge in [0.1, 0.15) is 11.1 Å². The van der Waals surface area contributed by atoms with E-state index in [1.807, 2.05) is 79.7 Å². The van der Waals surface area contributed by atoms with Crippen LogP contribution in [-0.2, 0) is 9.59 Å². The van der Waals surface area contributed by atoms with E-state index in [-0.39, 0.29) is 11.7 Å². The van der Waals surface area contributed by atoms with Gasteiger partial charge in [-0.1, -0.05) is 75.4 Å². The van der Waals surface area contributed by atoms with Crippen LogP contribution < -0.4 is 10.3 Å². The van der Waals surface area contributed by atoms with E-state index < -0.39 is 16.2 Å². The molecule has 5 rings (SSSR count).